The normalized spacial score (nSPS) is 27.0. The van der Waals surface area contributed by atoms with E-state index in [2.05, 4.69) is 37.0 Å². The molecule has 112 valence electrons. The van der Waals surface area contributed by atoms with E-state index in [4.69, 9.17) is 11.6 Å². The highest BCUT2D eigenvalue weighted by molar-refractivity contribution is 6.28. The fourth-order valence-electron chi connectivity index (χ4n) is 3.88. The maximum Gasteiger partial charge on any atom is 0.226 e. The summed E-state index contributed by atoms with van der Waals surface area (Å²) in [5, 5.41) is 8.20. The third-order valence-electron chi connectivity index (χ3n) is 4.91. The number of halogens is 1. The first-order chi connectivity index (χ1) is 10.2. The Labute approximate surface area is 128 Å². The summed E-state index contributed by atoms with van der Waals surface area (Å²) < 4.78 is 0. The minimum Gasteiger partial charge on any atom is -0.355 e. The molecule has 2 unspecified atom stereocenters. The Kier molecular flexibility index (Phi) is 3.23. The van der Waals surface area contributed by atoms with Crippen molar-refractivity contribution in [1.29, 1.82) is 0 Å². The number of nitrogens with one attached hydrogen (secondary N) is 1. The lowest BCUT2D eigenvalue weighted by atomic mass is 9.84. The third-order valence-corrected chi connectivity index (χ3v) is 5.08. The van der Waals surface area contributed by atoms with Crippen molar-refractivity contribution >= 4 is 28.5 Å². The van der Waals surface area contributed by atoms with Crippen molar-refractivity contribution in [2.24, 2.45) is 5.92 Å². The van der Waals surface area contributed by atoms with Crippen LogP contribution in [0.3, 0.4) is 0 Å². The van der Waals surface area contributed by atoms with Crippen molar-refractivity contribution in [3.63, 3.8) is 0 Å². The lowest BCUT2D eigenvalue weighted by Crippen LogP contribution is -2.53. The summed E-state index contributed by atoms with van der Waals surface area (Å²) in [5.74, 6) is 1.64. The average molecular weight is 307 g/mol. The minimum absolute atomic E-state index is 0.282. The number of hydrogen-bond donors (Lipinski definition) is 1. The van der Waals surface area contributed by atoms with Crippen molar-refractivity contribution in [3.8, 4) is 0 Å². The van der Waals surface area contributed by atoms with Crippen LogP contribution in [-0.2, 0) is 0 Å². The summed E-state index contributed by atoms with van der Waals surface area (Å²) in [5.41, 5.74) is 0.716. The molecule has 2 fully saturated rings. The van der Waals surface area contributed by atoms with Gasteiger partial charge in [0.25, 0.3) is 0 Å². The number of hydrogen-bond acceptors (Lipinski definition) is 5. The molecule has 0 aromatic carbocycles. The molecule has 2 aromatic rings. The molecule has 2 aromatic heterocycles. The van der Waals surface area contributed by atoms with Gasteiger partial charge >= 0.3 is 0 Å². The smallest absolute Gasteiger partial charge is 0.226 e. The first kappa shape index (κ1) is 13.3. The lowest BCUT2D eigenvalue weighted by Gasteiger charge is -2.46. The van der Waals surface area contributed by atoms with Crippen molar-refractivity contribution in [2.45, 2.75) is 25.3 Å². The van der Waals surface area contributed by atoms with Gasteiger partial charge in [-0.1, -0.05) is 0 Å². The van der Waals surface area contributed by atoms with E-state index < -0.39 is 0 Å². The second kappa shape index (κ2) is 5.10. The van der Waals surface area contributed by atoms with Gasteiger partial charge in [-0.25, -0.2) is 0 Å². The number of likely N-dealkylation sites (tertiary alicyclic amines) is 1. The molecule has 6 nitrogen and oxygen atoms in total. The molecule has 4 heterocycles. The van der Waals surface area contributed by atoms with Crippen LogP contribution in [-0.4, -0.2) is 57.8 Å². The van der Waals surface area contributed by atoms with Crippen LogP contribution in [0.15, 0.2) is 6.20 Å². The van der Waals surface area contributed by atoms with E-state index in [0.717, 1.165) is 24.3 Å². The molecule has 0 spiro atoms. The monoisotopic (exact) mass is 306 g/mol. The zero-order valence-electron chi connectivity index (χ0n) is 12.1. The van der Waals surface area contributed by atoms with Gasteiger partial charge < -0.3 is 9.80 Å². The highest BCUT2D eigenvalue weighted by Gasteiger charge is 2.35. The first-order valence-electron chi connectivity index (χ1n) is 7.54. The van der Waals surface area contributed by atoms with Crippen LogP contribution in [0.5, 0.6) is 0 Å². The van der Waals surface area contributed by atoms with Crippen LogP contribution < -0.4 is 4.90 Å². The summed E-state index contributed by atoms with van der Waals surface area (Å²) in [4.78, 5) is 13.5. The summed E-state index contributed by atoms with van der Waals surface area (Å²) in [6, 6.07) is 0.715. The molecule has 0 saturated carbocycles. The number of fused-ring (bicyclic) bond motifs is 2. The van der Waals surface area contributed by atoms with Crippen LogP contribution in [0, 0.1) is 5.92 Å². The molecule has 2 saturated heterocycles. The topological polar surface area (TPSA) is 60.9 Å². The summed E-state index contributed by atoms with van der Waals surface area (Å²) in [6.07, 6.45) is 5.57. The molecule has 2 aliphatic heterocycles. The zero-order chi connectivity index (χ0) is 14.4. The van der Waals surface area contributed by atoms with E-state index in [1.807, 2.05) is 0 Å². The van der Waals surface area contributed by atoms with Crippen LogP contribution >= 0.6 is 11.6 Å². The van der Waals surface area contributed by atoms with Crippen molar-refractivity contribution in [2.75, 3.05) is 31.6 Å². The number of H-pyrrole nitrogens is 1. The number of anilines is 1. The molecule has 0 amide bonds. The molecule has 0 bridgehead atoms. The van der Waals surface area contributed by atoms with Crippen LogP contribution in [0.25, 0.3) is 11.0 Å². The second-order valence-electron chi connectivity index (χ2n) is 6.13. The Hall–Kier alpha value is -1.40. The number of aromatic nitrogens is 4. The second-order valence-corrected chi connectivity index (χ2v) is 6.47. The van der Waals surface area contributed by atoms with E-state index in [0.29, 0.717) is 17.6 Å². The highest BCUT2D eigenvalue weighted by Crippen LogP contribution is 2.33. The number of aromatic amines is 1. The maximum atomic E-state index is 6.06. The van der Waals surface area contributed by atoms with E-state index in [9.17, 15) is 0 Å². The van der Waals surface area contributed by atoms with Gasteiger partial charge in [-0.05, 0) is 50.4 Å². The molecular formula is C14H19ClN6. The van der Waals surface area contributed by atoms with Gasteiger partial charge in [0.2, 0.25) is 5.28 Å². The third kappa shape index (κ3) is 2.26. The Bertz CT molecular complexity index is 656. The van der Waals surface area contributed by atoms with E-state index in [-0.39, 0.29) is 5.28 Å². The Balaban J connectivity index is 1.66. The summed E-state index contributed by atoms with van der Waals surface area (Å²) in [6.45, 7) is 3.29. The molecule has 0 radical (unpaired) electrons. The minimum atomic E-state index is 0.282. The van der Waals surface area contributed by atoms with Gasteiger partial charge in [0.1, 0.15) is 5.82 Å². The zero-order valence-corrected chi connectivity index (χ0v) is 12.8. The van der Waals surface area contributed by atoms with Crippen LogP contribution in [0.1, 0.15) is 19.3 Å². The summed E-state index contributed by atoms with van der Waals surface area (Å²) >= 11 is 6.06. The molecule has 1 N–H and O–H groups in total. The SMILES string of the molecule is CN1CCCC2CN(c3nc(Cl)nc4[nH]ncc34)CCC21. The molecule has 0 aliphatic carbocycles. The highest BCUT2D eigenvalue weighted by atomic mass is 35.5. The predicted molar refractivity (Wildman–Crippen MR) is 82.7 cm³/mol. The van der Waals surface area contributed by atoms with E-state index in [1.54, 1.807) is 6.20 Å². The fraction of sp³-hybridized carbons (Fsp3) is 0.643. The van der Waals surface area contributed by atoms with Gasteiger partial charge in [0.05, 0.1) is 11.6 Å². The van der Waals surface area contributed by atoms with Crippen molar-refractivity contribution < 1.29 is 0 Å². The van der Waals surface area contributed by atoms with E-state index >= 15 is 0 Å². The summed E-state index contributed by atoms with van der Waals surface area (Å²) in [7, 11) is 2.25. The van der Waals surface area contributed by atoms with Gasteiger partial charge in [-0.3, -0.25) is 5.10 Å². The van der Waals surface area contributed by atoms with Crippen molar-refractivity contribution in [1.82, 2.24) is 25.1 Å². The average Bonchev–Trinajstić information content (AvgIpc) is 2.94. The largest absolute Gasteiger partial charge is 0.355 e. The quantitative estimate of drug-likeness (QED) is 0.816. The maximum absolute atomic E-state index is 6.06. The standard InChI is InChI=1S/C14H19ClN6/c1-20-5-2-3-9-8-21(6-4-11(9)20)13-10-7-16-19-12(10)17-14(15)18-13/h7,9,11H,2-6,8H2,1H3,(H,16,17,18,19). The Morgan fingerprint density at radius 2 is 2.19 bits per heavy atom. The van der Waals surface area contributed by atoms with Gasteiger partial charge in [0, 0.05) is 19.1 Å². The molecule has 2 atom stereocenters. The predicted octanol–water partition coefficient (Wildman–Crippen LogP) is 1.93. The van der Waals surface area contributed by atoms with Gasteiger partial charge in [-0.2, -0.15) is 15.1 Å². The molecule has 4 rings (SSSR count). The van der Waals surface area contributed by atoms with Crippen LogP contribution in [0.4, 0.5) is 5.82 Å². The number of nitrogens with zero attached hydrogens (tertiary/aromatic N) is 5. The van der Waals surface area contributed by atoms with E-state index in [1.165, 1.54) is 25.8 Å². The number of piperidine rings is 2. The Morgan fingerprint density at radius 1 is 1.29 bits per heavy atom. The first-order valence-corrected chi connectivity index (χ1v) is 7.92. The fourth-order valence-corrected chi connectivity index (χ4v) is 4.04. The Morgan fingerprint density at radius 3 is 3.10 bits per heavy atom. The van der Waals surface area contributed by atoms with Gasteiger partial charge in [0.15, 0.2) is 5.65 Å². The molecule has 21 heavy (non-hydrogen) atoms. The number of rotatable bonds is 1. The molecule has 2 aliphatic rings. The van der Waals surface area contributed by atoms with Gasteiger partial charge in [-0.15, -0.1) is 0 Å². The van der Waals surface area contributed by atoms with Crippen molar-refractivity contribution in [3.05, 3.63) is 11.5 Å². The molecular weight excluding hydrogens is 288 g/mol. The molecule has 7 heteroatoms. The lowest BCUT2D eigenvalue weighted by molar-refractivity contribution is 0.102. The van der Waals surface area contributed by atoms with Crippen LogP contribution in [0.2, 0.25) is 5.28 Å².